The van der Waals surface area contributed by atoms with Crippen LogP contribution in [0.5, 0.6) is 0 Å². The van der Waals surface area contributed by atoms with E-state index in [0.717, 1.165) is 73.6 Å². The molecule has 49 heavy (non-hydrogen) atoms. The van der Waals surface area contributed by atoms with Crippen LogP contribution in [0.3, 0.4) is 0 Å². The molecular formula is C36H51N7O6. The number of hydrogen-bond donors (Lipinski definition) is 4. The molecule has 2 fully saturated rings. The standard InChI is InChI=1S/C36H51N7O6/c1-21(2)26(17-25(45)20-44)34(46)42-14-6-8-30(42)28-16-23(18-37-28)10-11-24-12-13-27(39-24)29-19-38-33(40-29)31-9-7-15-43(31)35(47)32(22(3)4)41-36(48)49-5/h12-13,18-19,21-22,26,30-32,39,44H,6-11,14-17,20H2,1-5H3,(H,38,40)(H,41,48). The first-order valence-corrected chi connectivity index (χ1v) is 17.6. The lowest BCUT2D eigenvalue weighted by atomic mass is 9.89. The number of rotatable bonds is 14. The van der Waals surface area contributed by atoms with Gasteiger partial charge in [-0.25, -0.2) is 9.78 Å². The van der Waals surface area contributed by atoms with Gasteiger partial charge in [0.25, 0.3) is 0 Å². The van der Waals surface area contributed by atoms with Gasteiger partial charge < -0.3 is 34.9 Å². The second-order valence-electron chi connectivity index (χ2n) is 14.2. The normalized spacial score (nSPS) is 20.5. The highest BCUT2D eigenvalue weighted by molar-refractivity contribution is 5.98. The summed E-state index contributed by atoms with van der Waals surface area (Å²) in [6, 6.07) is 3.16. The van der Waals surface area contributed by atoms with Crippen molar-refractivity contribution in [1.82, 2.24) is 30.1 Å². The SMILES string of the molecule is COC(=O)NC(C(=O)N1CCCC1c1ncc(-c2ccc(CCC3=CN=C(C4CCCN4C(=O)C(CC(=O)CO)C(C)C)C3)[nH]2)[nH]1)C(C)C. The topological polar surface area (TPSA) is 173 Å². The van der Waals surface area contributed by atoms with Crippen molar-refractivity contribution < 1.29 is 29.0 Å². The molecule has 3 aliphatic heterocycles. The van der Waals surface area contributed by atoms with E-state index in [1.54, 1.807) is 11.1 Å². The van der Waals surface area contributed by atoms with Crippen LogP contribution in [-0.4, -0.2) is 98.2 Å². The molecule has 266 valence electrons. The molecule has 4 unspecified atom stereocenters. The van der Waals surface area contributed by atoms with Gasteiger partial charge >= 0.3 is 6.09 Å². The monoisotopic (exact) mass is 677 g/mol. The maximum absolute atomic E-state index is 13.5. The third kappa shape index (κ3) is 8.31. The van der Waals surface area contributed by atoms with E-state index in [4.69, 9.17) is 9.73 Å². The molecule has 2 saturated heterocycles. The van der Waals surface area contributed by atoms with Crippen LogP contribution >= 0.6 is 0 Å². The number of aliphatic hydroxyl groups is 1. The number of aryl methyl sites for hydroxylation is 1. The highest BCUT2D eigenvalue weighted by atomic mass is 16.5. The number of aromatic amines is 2. The Morgan fingerprint density at radius 3 is 2.35 bits per heavy atom. The summed E-state index contributed by atoms with van der Waals surface area (Å²) < 4.78 is 4.74. The molecule has 0 saturated carbocycles. The van der Waals surface area contributed by atoms with Crippen molar-refractivity contribution in [1.29, 1.82) is 0 Å². The Bertz CT molecular complexity index is 1570. The van der Waals surface area contributed by atoms with E-state index in [-0.39, 0.29) is 47.9 Å². The second kappa shape index (κ2) is 16.0. The maximum atomic E-state index is 13.5. The number of alkyl carbamates (subject to hydrolysis) is 1. The molecule has 4 atom stereocenters. The van der Waals surface area contributed by atoms with Crippen molar-refractivity contribution in [3.05, 3.63) is 41.6 Å². The molecule has 2 aromatic rings. The Kier molecular flexibility index (Phi) is 11.7. The Balaban J connectivity index is 1.15. The van der Waals surface area contributed by atoms with Crippen molar-refractivity contribution in [2.45, 2.75) is 97.2 Å². The molecule has 0 radical (unpaired) electrons. The Morgan fingerprint density at radius 2 is 1.67 bits per heavy atom. The average Bonchev–Trinajstić information content (AvgIpc) is 3.92. The van der Waals surface area contributed by atoms with Crippen molar-refractivity contribution in [2.75, 3.05) is 26.8 Å². The van der Waals surface area contributed by atoms with Gasteiger partial charge in [0.15, 0.2) is 5.78 Å². The first kappa shape index (κ1) is 36.0. The summed E-state index contributed by atoms with van der Waals surface area (Å²) in [6.45, 7) is 8.41. The summed E-state index contributed by atoms with van der Waals surface area (Å²) in [6.07, 6.45) is 8.94. The summed E-state index contributed by atoms with van der Waals surface area (Å²) in [5.74, 6) is -0.271. The molecule has 3 aliphatic rings. The molecule has 13 heteroatoms. The number of methoxy groups -OCH3 is 1. The van der Waals surface area contributed by atoms with Gasteiger partial charge in [0.2, 0.25) is 11.8 Å². The minimum absolute atomic E-state index is 0.00316. The summed E-state index contributed by atoms with van der Waals surface area (Å²) in [4.78, 5) is 70.9. The molecule has 0 aliphatic carbocycles. The number of nitrogens with zero attached hydrogens (tertiary/aromatic N) is 4. The first-order chi connectivity index (χ1) is 23.5. The van der Waals surface area contributed by atoms with E-state index in [1.165, 1.54) is 12.7 Å². The molecule has 0 spiro atoms. The first-order valence-electron chi connectivity index (χ1n) is 17.6. The summed E-state index contributed by atoms with van der Waals surface area (Å²) in [5.41, 5.74) is 5.06. The number of ketones is 1. The molecule has 0 aromatic carbocycles. The van der Waals surface area contributed by atoms with Gasteiger partial charge in [-0.15, -0.1) is 0 Å². The van der Waals surface area contributed by atoms with Crippen molar-refractivity contribution in [3.63, 3.8) is 0 Å². The molecule has 4 N–H and O–H groups in total. The Hall–Kier alpha value is -4.26. The van der Waals surface area contributed by atoms with E-state index >= 15 is 0 Å². The van der Waals surface area contributed by atoms with Crippen molar-refractivity contribution >= 4 is 29.4 Å². The number of Topliss-reactive ketones (excluding diaryl/α,β-unsaturated/α-hetero) is 1. The molecule has 13 nitrogen and oxygen atoms in total. The zero-order valence-electron chi connectivity index (χ0n) is 29.3. The quantitative estimate of drug-likeness (QED) is 0.230. The number of ether oxygens (including phenoxy) is 1. The highest BCUT2D eigenvalue weighted by Crippen LogP contribution is 2.33. The number of carbonyl (C=O) groups is 4. The van der Waals surface area contributed by atoms with Crippen LogP contribution in [0.4, 0.5) is 4.79 Å². The molecule has 2 aromatic heterocycles. The average molecular weight is 678 g/mol. The van der Waals surface area contributed by atoms with E-state index in [0.29, 0.717) is 13.1 Å². The van der Waals surface area contributed by atoms with Gasteiger partial charge in [0, 0.05) is 49.5 Å². The Morgan fingerprint density at radius 1 is 0.959 bits per heavy atom. The number of aliphatic hydroxyl groups excluding tert-OH is 1. The number of carbonyl (C=O) groups excluding carboxylic acids is 4. The highest BCUT2D eigenvalue weighted by Gasteiger charge is 2.39. The third-order valence-electron chi connectivity index (χ3n) is 10.1. The van der Waals surface area contributed by atoms with Crippen LogP contribution in [0.1, 0.15) is 90.2 Å². The number of amides is 3. The smallest absolute Gasteiger partial charge is 0.407 e. The van der Waals surface area contributed by atoms with E-state index in [1.807, 2.05) is 44.9 Å². The molecule has 0 bridgehead atoms. The number of likely N-dealkylation sites (tertiary alicyclic amines) is 2. The van der Waals surface area contributed by atoms with Crippen LogP contribution in [0.25, 0.3) is 11.4 Å². The maximum Gasteiger partial charge on any atom is 0.407 e. The van der Waals surface area contributed by atoms with Gasteiger partial charge in [-0.1, -0.05) is 27.7 Å². The lowest BCUT2D eigenvalue weighted by Crippen LogP contribution is -2.51. The van der Waals surface area contributed by atoms with E-state index in [9.17, 15) is 24.3 Å². The number of allylic oxidation sites excluding steroid dienone is 1. The summed E-state index contributed by atoms with van der Waals surface area (Å²) in [7, 11) is 1.29. The Labute approximate surface area is 288 Å². The van der Waals surface area contributed by atoms with Crippen molar-refractivity contribution in [2.24, 2.45) is 22.7 Å². The number of imidazole rings is 1. The second-order valence-corrected chi connectivity index (χ2v) is 14.2. The number of aromatic nitrogens is 3. The summed E-state index contributed by atoms with van der Waals surface area (Å²) >= 11 is 0. The van der Waals surface area contributed by atoms with Crippen molar-refractivity contribution in [3.8, 4) is 11.4 Å². The fourth-order valence-corrected chi connectivity index (χ4v) is 7.24. The van der Waals surface area contributed by atoms with Gasteiger partial charge in [-0.05, 0) is 68.1 Å². The molecular weight excluding hydrogens is 626 g/mol. The number of hydrogen-bond acceptors (Lipinski definition) is 8. The summed E-state index contributed by atoms with van der Waals surface area (Å²) in [5, 5.41) is 11.9. The molecule has 5 heterocycles. The predicted molar refractivity (Wildman–Crippen MR) is 184 cm³/mol. The molecule has 5 rings (SSSR count). The van der Waals surface area contributed by atoms with Crippen LogP contribution in [0.15, 0.2) is 35.1 Å². The van der Waals surface area contributed by atoms with Gasteiger partial charge in [0.1, 0.15) is 18.5 Å². The van der Waals surface area contributed by atoms with E-state index in [2.05, 4.69) is 26.3 Å². The van der Waals surface area contributed by atoms with Crippen LogP contribution < -0.4 is 5.32 Å². The van der Waals surface area contributed by atoms with Gasteiger partial charge in [0.05, 0.1) is 36.8 Å². The predicted octanol–water partition coefficient (Wildman–Crippen LogP) is 4.32. The third-order valence-corrected chi connectivity index (χ3v) is 10.1. The van der Waals surface area contributed by atoms with Crippen LogP contribution in [0, 0.1) is 17.8 Å². The number of nitrogens with one attached hydrogen (secondary N) is 3. The zero-order valence-corrected chi connectivity index (χ0v) is 29.3. The minimum Gasteiger partial charge on any atom is -0.453 e. The lowest BCUT2D eigenvalue weighted by Gasteiger charge is -2.30. The number of H-pyrrole nitrogens is 2. The lowest BCUT2D eigenvalue weighted by molar-refractivity contribution is -0.140. The van der Waals surface area contributed by atoms with Gasteiger partial charge in [-0.3, -0.25) is 19.4 Å². The van der Waals surface area contributed by atoms with E-state index < -0.39 is 24.7 Å². The largest absolute Gasteiger partial charge is 0.453 e. The minimum atomic E-state index is -0.684. The fourth-order valence-electron chi connectivity index (χ4n) is 7.24. The zero-order chi connectivity index (χ0) is 35.2. The van der Waals surface area contributed by atoms with Gasteiger partial charge in [-0.2, -0.15) is 0 Å². The van der Waals surface area contributed by atoms with Crippen LogP contribution in [0.2, 0.25) is 0 Å². The van der Waals surface area contributed by atoms with Crippen LogP contribution in [-0.2, 0) is 25.5 Å². The molecule has 3 amide bonds. The number of aliphatic imine (C=N–C) groups is 1. The fraction of sp³-hybridized carbons (Fsp3) is 0.611.